The van der Waals surface area contributed by atoms with Crippen LogP contribution in [0.15, 0.2) is 0 Å². The number of rotatable bonds is 19. The molecule has 0 radical (unpaired) electrons. The Kier molecular flexibility index (Phi) is 17.0. The fraction of sp³-hybridized carbons (Fsp3) is 0.952. The van der Waals surface area contributed by atoms with Gasteiger partial charge in [0.1, 0.15) is 6.61 Å². The van der Waals surface area contributed by atoms with Gasteiger partial charge in [-0.15, -0.1) is 0 Å². The SMILES string of the molecule is CCCCCCCCCCCCCCC(O)(O)CC(O)CCOC(=O)CO. The van der Waals surface area contributed by atoms with Gasteiger partial charge in [-0.2, -0.15) is 0 Å². The van der Waals surface area contributed by atoms with Crippen LogP contribution in [0, 0.1) is 0 Å². The van der Waals surface area contributed by atoms with E-state index in [1.807, 2.05) is 0 Å². The summed E-state index contributed by atoms with van der Waals surface area (Å²) in [7, 11) is 0. The number of aliphatic hydroxyl groups is 4. The maximum absolute atomic E-state index is 10.8. The molecule has 0 spiro atoms. The fourth-order valence-corrected chi connectivity index (χ4v) is 3.19. The normalized spacial score (nSPS) is 12.9. The van der Waals surface area contributed by atoms with Crippen LogP contribution in [0.3, 0.4) is 0 Å². The summed E-state index contributed by atoms with van der Waals surface area (Å²) >= 11 is 0. The second kappa shape index (κ2) is 17.4. The number of esters is 1. The largest absolute Gasteiger partial charge is 0.464 e. The van der Waals surface area contributed by atoms with Crippen molar-refractivity contribution in [2.24, 2.45) is 0 Å². The molecule has 0 amide bonds. The summed E-state index contributed by atoms with van der Waals surface area (Å²) in [6, 6.07) is 0. The fourth-order valence-electron chi connectivity index (χ4n) is 3.19. The van der Waals surface area contributed by atoms with Gasteiger partial charge >= 0.3 is 5.97 Å². The van der Waals surface area contributed by atoms with Crippen molar-refractivity contribution < 1.29 is 30.0 Å². The number of carbonyl (C=O) groups is 1. The van der Waals surface area contributed by atoms with Crippen LogP contribution < -0.4 is 0 Å². The van der Waals surface area contributed by atoms with Gasteiger partial charge in [0.15, 0.2) is 5.79 Å². The second-order valence-corrected chi connectivity index (χ2v) is 7.65. The molecule has 0 saturated carbocycles. The molecule has 4 N–H and O–H groups in total. The minimum absolute atomic E-state index is 0.0464. The Morgan fingerprint density at radius 2 is 1.37 bits per heavy atom. The molecule has 0 saturated heterocycles. The molecule has 0 fully saturated rings. The van der Waals surface area contributed by atoms with E-state index in [1.54, 1.807) is 0 Å². The highest BCUT2D eigenvalue weighted by Gasteiger charge is 2.26. The molecule has 162 valence electrons. The van der Waals surface area contributed by atoms with E-state index in [-0.39, 0.29) is 25.9 Å². The number of hydrogen-bond donors (Lipinski definition) is 4. The predicted molar refractivity (Wildman–Crippen MR) is 106 cm³/mol. The first-order valence-corrected chi connectivity index (χ1v) is 10.8. The Morgan fingerprint density at radius 1 is 0.889 bits per heavy atom. The maximum Gasteiger partial charge on any atom is 0.331 e. The summed E-state index contributed by atoms with van der Waals surface area (Å²) in [5.41, 5.74) is 0. The van der Waals surface area contributed by atoms with Crippen LogP contribution in [0.25, 0.3) is 0 Å². The minimum atomic E-state index is -1.89. The van der Waals surface area contributed by atoms with Crippen LogP contribution in [0.5, 0.6) is 0 Å². The molecule has 0 aromatic rings. The summed E-state index contributed by atoms with van der Waals surface area (Å²) in [6.45, 7) is 1.49. The van der Waals surface area contributed by atoms with Gasteiger partial charge in [0.2, 0.25) is 0 Å². The Morgan fingerprint density at radius 3 is 1.85 bits per heavy atom. The molecular formula is C21H42O6. The minimum Gasteiger partial charge on any atom is -0.464 e. The van der Waals surface area contributed by atoms with Crippen molar-refractivity contribution in [2.75, 3.05) is 13.2 Å². The number of ether oxygens (including phenoxy) is 1. The van der Waals surface area contributed by atoms with Crippen LogP contribution in [0.1, 0.15) is 103 Å². The molecule has 0 aliphatic carbocycles. The summed E-state index contributed by atoms with van der Waals surface area (Å²) in [6.07, 6.45) is 13.8. The van der Waals surface area contributed by atoms with Gasteiger partial charge < -0.3 is 25.2 Å². The van der Waals surface area contributed by atoms with Crippen molar-refractivity contribution in [1.82, 2.24) is 0 Å². The zero-order valence-electron chi connectivity index (χ0n) is 17.2. The lowest BCUT2D eigenvalue weighted by atomic mass is 9.99. The van der Waals surface area contributed by atoms with Gasteiger partial charge in [0.25, 0.3) is 0 Å². The Bertz CT molecular complexity index is 346. The highest BCUT2D eigenvalue weighted by molar-refractivity contribution is 5.70. The molecular weight excluding hydrogens is 348 g/mol. The molecule has 0 aliphatic heterocycles. The molecule has 6 nitrogen and oxygen atoms in total. The molecule has 27 heavy (non-hydrogen) atoms. The van der Waals surface area contributed by atoms with Crippen molar-refractivity contribution in [3.05, 3.63) is 0 Å². The smallest absolute Gasteiger partial charge is 0.331 e. The summed E-state index contributed by atoms with van der Waals surface area (Å²) in [5, 5.41) is 38.2. The van der Waals surface area contributed by atoms with E-state index in [0.29, 0.717) is 0 Å². The van der Waals surface area contributed by atoms with E-state index in [1.165, 1.54) is 57.8 Å². The average molecular weight is 391 g/mol. The Labute approximate surface area is 164 Å². The molecule has 0 aromatic heterocycles. The van der Waals surface area contributed by atoms with Gasteiger partial charge in [0, 0.05) is 19.3 Å². The second-order valence-electron chi connectivity index (χ2n) is 7.65. The van der Waals surface area contributed by atoms with E-state index < -0.39 is 24.5 Å². The van der Waals surface area contributed by atoms with Crippen molar-refractivity contribution in [1.29, 1.82) is 0 Å². The van der Waals surface area contributed by atoms with Gasteiger partial charge in [0.05, 0.1) is 12.7 Å². The third kappa shape index (κ3) is 18.4. The molecule has 0 aliphatic rings. The standard InChI is InChI=1S/C21H42O6/c1-2-3-4-5-6-7-8-9-10-11-12-13-15-21(25,26)17-19(23)14-16-27-20(24)18-22/h19,22-23,25-26H,2-18H2,1H3. The topological polar surface area (TPSA) is 107 Å². The van der Waals surface area contributed by atoms with E-state index in [2.05, 4.69) is 11.7 Å². The first kappa shape index (κ1) is 26.3. The summed E-state index contributed by atoms with van der Waals surface area (Å²) in [5.74, 6) is -2.64. The van der Waals surface area contributed by atoms with Crippen molar-refractivity contribution >= 4 is 5.97 Å². The molecule has 0 aromatic carbocycles. The van der Waals surface area contributed by atoms with Gasteiger partial charge in [-0.3, -0.25) is 0 Å². The average Bonchev–Trinajstić information content (AvgIpc) is 2.62. The Hall–Kier alpha value is -0.690. The molecule has 1 atom stereocenters. The van der Waals surface area contributed by atoms with Gasteiger partial charge in [-0.25, -0.2) is 4.79 Å². The highest BCUT2D eigenvalue weighted by atomic mass is 16.5. The van der Waals surface area contributed by atoms with Crippen LogP contribution >= 0.6 is 0 Å². The maximum atomic E-state index is 10.8. The molecule has 1 unspecified atom stereocenters. The quantitative estimate of drug-likeness (QED) is 0.153. The molecule has 0 rings (SSSR count). The number of unbranched alkanes of at least 4 members (excludes halogenated alkanes) is 11. The summed E-state index contributed by atoms with van der Waals surface area (Å²) < 4.78 is 4.64. The van der Waals surface area contributed by atoms with E-state index in [0.717, 1.165) is 19.3 Å². The van der Waals surface area contributed by atoms with Gasteiger partial charge in [-0.05, 0) is 6.42 Å². The Balaban J connectivity index is 3.51. The van der Waals surface area contributed by atoms with Crippen LogP contribution in [0.4, 0.5) is 0 Å². The van der Waals surface area contributed by atoms with Crippen LogP contribution in [0.2, 0.25) is 0 Å². The van der Waals surface area contributed by atoms with Crippen molar-refractivity contribution in [3.63, 3.8) is 0 Å². The lowest BCUT2D eigenvalue weighted by molar-refractivity contribution is -0.187. The zero-order valence-corrected chi connectivity index (χ0v) is 17.2. The van der Waals surface area contributed by atoms with E-state index in [4.69, 9.17) is 5.11 Å². The van der Waals surface area contributed by atoms with E-state index in [9.17, 15) is 20.1 Å². The van der Waals surface area contributed by atoms with Gasteiger partial charge in [-0.1, -0.05) is 77.6 Å². The monoisotopic (exact) mass is 390 g/mol. The molecule has 0 heterocycles. The van der Waals surface area contributed by atoms with E-state index >= 15 is 0 Å². The van der Waals surface area contributed by atoms with Crippen LogP contribution in [-0.2, 0) is 9.53 Å². The summed E-state index contributed by atoms with van der Waals surface area (Å²) in [4.78, 5) is 10.8. The lowest BCUT2D eigenvalue weighted by Gasteiger charge is -2.24. The van der Waals surface area contributed by atoms with Crippen molar-refractivity contribution in [2.45, 2.75) is 115 Å². The predicted octanol–water partition coefficient (Wildman–Crippen LogP) is 3.44. The third-order valence-electron chi connectivity index (χ3n) is 4.84. The number of hydrogen-bond acceptors (Lipinski definition) is 6. The molecule has 0 bridgehead atoms. The lowest BCUT2D eigenvalue weighted by Crippen LogP contribution is -2.33. The number of carbonyl (C=O) groups excluding carboxylic acids is 1. The highest BCUT2D eigenvalue weighted by Crippen LogP contribution is 2.20. The first-order chi connectivity index (χ1) is 12.9. The molecule has 6 heteroatoms. The van der Waals surface area contributed by atoms with Crippen LogP contribution in [-0.4, -0.2) is 51.5 Å². The first-order valence-electron chi connectivity index (χ1n) is 10.8. The zero-order chi connectivity index (χ0) is 20.4. The third-order valence-corrected chi connectivity index (χ3v) is 4.84. The van der Waals surface area contributed by atoms with Crippen molar-refractivity contribution in [3.8, 4) is 0 Å². The number of aliphatic hydroxyl groups excluding tert-OH is 2.